The van der Waals surface area contributed by atoms with Crippen molar-refractivity contribution in [3.05, 3.63) is 22.8 Å². The van der Waals surface area contributed by atoms with E-state index in [0.29, 0.717) is 0 Å². The molecule has 3 N–H and O–H groups in total. The SMILES string of the molecule is NSC1C=C(C(=O)O)C(Cl)=CC1Cl. The maximum atomic E-state index is 10.6. The van der Waals surface area contributed by atoms with Gasteiger partial charge in [0.05, 0.1) is 21.2 Å². The average molecular weight is 240 g/mol. The molecular formula is C7H7Cl2NO2S. The van der Waals surface area contributed by atoms with Gasteiger partial charge in [-0.1, -0.05) is 29.6 Å². The first kappa shape index (κ1) is 10.9. The highest BCUT2D eigenvalue weighted by Gasteiger charge is 2.25. The highest BCUT2D eigenvalue weighted by molar-refractivity contribution is 7.98. The molecule has 6 heteroatoms. The zero-order chi connectivity index (χ0) is 10.0. The fourth-order valence-electron chi connectivity index (χ4n) is 0.948. The summed E-state index contributed by atoms with van der Waals surface area (Å²) in [6.45, 7) is 0. The number of nitrogens with two attached hydrogens (primary N) is 1. The van der Waals surface area contributed by atoms with Crippen LogP contribution >= 0.6 is 35.1 Å². The van der Waals surface area contributed by atoms with E-state index in [9.17, 15) is 4.79 Å². The molecule has 2 unspecified atom stereocenters. The molecule has 1 rings (SSSR count). The van der Waals surface area contributed by atoms with E-state index >= 15 is 0 Å². The second-order valence-corrected chi connectivity index (χ2v) is 4.17. The number of alkyl halides is 1. The van der Waals surface area contributed by atoms with E-state index in [1.807, 2.05) is 0 Å². The largest absolute Gasteiger partial charge is 0.478 e. The first-order valence-electron chi connectivity index (χ1n) is 3.38. The fourth-order valence-corrected chi connectivity index (χ4v) is 2.11. The van der Waals surface area contributed by atoms with Crippen LogP contribution in [0.2, 0.25) is 0 Å². The Morgan fingerprint density at radius 3 is 2.69 bits per heavy atom. The van der Waals surface area contributed by atoms with Crippen molar-refractivity contribution >= 4 is 41.1 Å². The number of hydrogen-bond donors (Lipinski definition) is 2. The third kappa shape index (κ3) is 2.40. The van der Waals surface area contributed by atoms with E-state index in [0.717, 1.165) is 11.9 Å². The van der Waals surface area contributed by atoms with Crippen LogP contribution in [-0.2, 0) is 4.79 Å². The molecule has 0 aromatic heterocycles. The molecule has 0 saturated carbocycles. The molecule has 0 spiro atoms. The van der Waals surface area contributed by atoms with Crippen molar-refractivity contribution in [1.82, 2.24) is 0 Å². The normalized spacial score (nSPS) is 27.9. The Bertz CT molecular complexity index is 290. The van der Waals surface area contributed by atoms with Crippen molar-refractivity contribution in [3.8, 4) is 0 Å². The Labute approximate surface area is 89.7 Å². The first-order chi connectivity index (χ1) is 6.06. The number of halogens is 2. The van der Waals surface area contributed by atoms with Gasteiger partial charge < -0.3 is 5.11 Å². The van der Waals surface area contributed by atoms with Crippen LogP contribution in [0.25, 0.3) is 0 Å². The summed E-state index contributed by atoms with van der Waals surface area (Å²) >= 11 is 12.5. The number of hydrogen-bond acceptors (Lipinski definition) is 3. The maximum Gasteiger partial charge on any atom is 0.336 e. The zero-order valence-corrected chi connectivity index (χ0v) is 8.73. The summed E-state index contributed by atoms with van der Waals surface area (Å²) < 4.78 is 0. The van der Waals surface area contributed by atoms with Crippen molar-refractivity contribution in [2.45, 2.75) is 10.6 Å². The van der Waals surface area contributed by atoms with Gasteiger partial charge in [0.15, 0.2) is 0 Å². The second kappa shape index (κ2) is 4.37. The smallest absolute Gasteiger partial charge is 0.336 e. The number of carbonyl (C=O) groups is 1. The van der Waals surface area contributed by atoms with Crippen LogP contribution in [0.1, 0.15) is 0 Å². The van der Waals surface area contributed by atoms with Crippen LogP contribution in [-0.4, -0.2) is 21.7 Å². The number of carboxylic acid groups (broad SMARTS) is 1. The third-order valence-corrected chi connectivity index (χ3v) is 3.22. The number of carboxylic acids is 1. The van der Waals surface area contributed by atoms with Crippen molar-refractivity contribution in [3.63, 3.8) is 0 Å². The summed E-state index contributed by atoms with van der Waals surface area (Å²) in [6.07, 6.45) is 2.95. The minimum atomic E-state index is -1.07. The molecule has 1 aliphatic rings. The number of aliphatic carboxylic acids is 1. The molecule has 1 aliphatic carbocycles. The lowest BCUT2D eigenvalue weighted by atomic mass is 10.1. The van der Waals surface area contributed by atoms with Gasteiger partial charge in [-0.3, -0.25) is 5.14 Å². The van der Waals surface area contributed by atoms with Crippen LogP contribution in [0.5, 0.6) is 0 Å². The predicted molar refractivity (Wildman–Crippen MR) is 54.9 cm³/mol. The van der Waals surface area contributed by atoms with E-state index in [1.54, 1.807) is 0 Å². The third-order valence-electron chi connectivity index (χ3n) is 1.60. The van der Waals surface area contributed by atoms with Gasteiger partial charge in [0, 0.05) is 0 Å². The predicted octanol–water partition coefficient (Wildman–Crippen LogP) is 1.72. The molecule has 0 saturated heterocycles. The summed E-state index contributed by atoms with van der Waals surface area (Å²) in [7, 11) is 0. The summed E-state index contributed by atoms with van der Waals surface area (Å²) in [5.41, 5.74) is 0.0570. The average Bonchev–Trinajstić information content (AvgIpc) is 2.03. The van der Waals surface area contributed by atoms with Gasteiger partial charge in [0.2, 0.25) is 0 Å². The van der Waals surface area contributed by atoms with Gasteiger partial charge >= 0.3 is 5.97 Å². The van der Waals surface area contributed by atoms with E-state index in [-0.39, 0.29) is 21.2 Å². The zero-order valence-electron chi connectivity index (χ0n) is 6.41. The van der Waals surface area contributed by atoms with Crippen molar-refractivity contribution < 1.29 is 9.90 Å². The molecule has 0 bridgehead atoms. The van der Waals surface area contributed by atoms with Crippen LogP contribution in [0, 0.1) is 0 Å². The summed E-state index contributed by atoms with van der Waals surface area (Å²) in [6, 6.07) is 0. The Morgan fingerprint density at radius 2 is 2.23 bits per heavy atom. The van der Waals surface area contributed by atoms with Crippen molar-refractivity contribution in [1.29, 1.82) is 0 Å². The van der Waals surface area contributed by atoms with Gasteiger partial charge in [-0.2, -0.15) is 0 Å². The Kier molecular flexibility index (Phi) is 3.67. The lowest BCUT2D eigenvalue weighted by Crippen LogP contribution is -2.21. The van der Waals surface area contributed by atoms with Crippen LogP contribution in [0.4, 0.5) is 0 Å². The van der Waals surface area contributed by atoms with E-state index in [4.69, 9.17) is 33.4 Å². The lowest BCUT2D eigenvalue weighted by molar-refractivity contribution is -0.132. The molecule has 0 heterocycles. The molecule has 0 aromatic carbocycles. The highest BCUT2D eigenvalue weighted by atomic mass is 35.5. The number of allylic oxidation sites excluding steroid dienone is 1. The summed E-state index contributed by atoms with van der Waals surface area (Å²) in [4.78, 5) is 10.6. The molecule has 2 atom stereocenters. The Balaban J connectivity index is 2.95. The molecule has 0 amide bonds. The topological polar surface area (TPSA) is 63.3 Å². The van der Waals surface area contributed by atoms with Gasteiger partial charge in [0.1, 0.15) is 0 Å². The van der Waals surface area contributed by atoms with Gasteiger partial charge in [-0.15, -0.1) is 11.6 Å². The number of rotatable bonds is 2. The quantitative estimate of drug-likeness (QED) is 0.569. The Morgan fingerprint density at radius 1 is 1.62 bits per heavy atom. The van der Waals surface area contributed by atoms with Gasteiger partial charge in [-0.05, 0) is 6.08 Å². The highest BCUT2D eigenvalue weighted by Crippen LogP contribution is 2.29. The van der Waals surface area contributed by atoms with Crippen LogP contribution in [0.15, 0.2) is 22.8 Å². The molecule has 13 heavy (non-hydrogen) atoms. The molecule has 72 valence electrons. The second-order valence-electron chi connectivity index (χ2n) is 2.45. The Hall–Kier alpha value is -0.160. The van der Waals surface area contributed by atoms with Gasteiger partial charge in [-0.25, -0.2) is 4.79 Å². The minimum absolute atomic E-state index is 0.0570. The van der Waals surface area contributed by atoms with Crippen LogP contribution in [0.3, 0.4) is 0 Å². The van der Waals surface area contributed by atoms with Gasteiger partial charge in [0.25, 0.3) is 0 Å². The molecule has 0 radical (unpaired) electrons. The summed E-state index contributed by atoms with van der Waals surface area (Å²) in [5.74, 6) is -1.07. The van der Waals surface area contributed by atoms with E-state index in [1.165, 1.54) is 12.2 Å². The molecule has 0 aliphatic heterocycles. The van der Waals surface area contributed by atoms with E-state index < -0.39 is 5.97 Å². The van der Waals surface area contributed by atoms with E-state index in [2.05, 4.69) is 0 Å². The summed E-state index contributed by atoms with van der Waals surface area (Å²) in [5, 5.41) is 13.6. The maximum absolute atomic E-state index is 10.6. The lowest BCUT2D eigenvalue weighted by Gasteiger charge is -2.19. The van der Waals surface area contributed by atoms with Crippen LogP contribution < -0.4 is 5.14 Å². The molecular weight excluding hydrogens is 233 g/mol. The molecule has 0 fully saturated rings. The minimum Gasteiger partial charge on any atom is -0.478 e. The first-order valence-corrected chi connectivity index (χ1v) is 5.14. The van der Waals surface area contributed by atoms with Crippen molar-refractivity contribution in [2.75, 3.05) is 0 Å². The van der Waals surface area contributed by atoms with Crippen molar-refractivity contribution in [2.24, 2.45) is 5.14 Å². The standard InChI is InChI=1S/C7H7Cl2NO2S/c8-4-2-5(9)6(13-10)1-3(4)7(11)12/h1-2,5-6H,10H2,(H,11,12). The molecule has 0 aromatic rings. The monoisotopic (exact) mass is 239 g/mol. The molecule has 3 nitrogen and oxygen atoms in total. The fraction of sp³-hybridized carbons (Fsp3) is 0.286.